The summed E-state index contributed by atoms with van der Waals surface area (Å²) < 4.78 is 6.47. The van der Waals surface area contributed by atoms with Gasteiger partial charge in [0.1, 0.15) is 11.1 Å². The molecule has 35 heavy (non-hydrogen) atoms. The molecule has 162 valence electrons. The van der Waals surface area contributed by atoms with E-state index in [-0.39, 0.29) is 5.92 Å². The van der Waals surface area contributed by atoms with Gasteiger partial charge in [-0.2, -0.15) is 0 Å². The lowest BCUT2D eigenvalue weighted by Crippen LogP contribution is -2.76. The first kappa shape index (κ1) is 18.3. The molecule has 0 amide bonds. The van der Waals surface area contributed by atoms with E-state index in [1.165, 1.54) is 60.4 Å². The Hall–Kier alpha value is -4.08. The van der Waals surface area contributed by atoms with E-state index >= 15 is 0 Å². The van der Waals surface area contributed by atoms with Crippen molar-refractivity contribution in [2.45, 2.75) is 11.6 Å². The molecular formula is C32H20N2S+2. The average molecular weight is 465 g/mol. The molecule has 5 heterocycles. The molecule has 6 aromatic rings. The summed E-state index contributed by atoms with van der Waals surface area (Å²) in [6.07, 6.45) is 4.59. The van der Waals surface area contributed by atoms with Crippen LogP contribution in [0.2, 0.25) is 0 Å². The van der Waals surface area contributed by atoms with E-state index in [1.807, 2.05) is 11.3 Å². The van der Waals surface area contributed by atoms with Gasteiger partial charge < -0.3 is 0 Å². The van der Waals surface area contributed by atoms with Crippen molar-refractivity contribution < 1.29 is 9.13 Å². The number of pyridine rings is 2. The van der Waals surface area contributed by atoms with Crippen LogP contribution in [0.3, 0.4) is 0 Å². The molecule has 3 aromatic carbocycles. The zero-order chi connectivity index (χ0) is 22.7. The highest BCUT2D eigenvalue weighted by Gasteiger charge is 2.68. The van der Waals surface area contributed by atoms with Crippen molar-refractivity contribution in [3.63, 3.8) is 0 Å². The van der Waals surface area contributed by atoms with Gasteiger partial charge in [0.25, 0.3) is 0 Å². The Kier molecular flexibility index (Phi) is 3.20. The number of rotatable bonds is 1. The fourth-order valence-electron chi connectivity index (χ4n) is 7.14. The standard InChI is InChI=1S/C32H20N2S/c1-2-9-20(10-3-1)28-23-12-8-11-21-24-19-35-27-16-15-22-25-13-4-6-17-33(25)32(30(21)23,31(22)29(24)27)34-18-7-5-14-26(28)34/h1-19,28H/q+2. The van der Waals surface area contributed by atoms with Crippen LogP contribution < -0.4 is 9.13 Å². The summed E-state index contributed by atoms with van der Waals surface area (Å²) in [5.74, 6) is 0.175. The second kappa shape index (κ2) is 6.12. The molecule has 9 rings (SSSR count). The Morgan fingerprint density at radius 2 is 1.46 bits per heavy atom. The molecule has 0 radical (unpaired) electrons. The number of nitrogens with zero attached hydrogens (tertiary/aromatic N) is 2. The van der Waals surface area contributed by atoms with Gasteiger partial charge in [-0.3, -0.25) is 0 Å². The van der Waals surface area contributed by atoms with Crippen LogP contribution in [0.1, 0.15) is 33.9 Å². The monoisotopic (exact) mass is 464 g/mol. The van der Waals surface area contributed by atoms with Crippen LogP contribution in [0.4, 0.5) is 0 Å². The van der Waals surface area contributed by atoms with E-state index in [0.717, 1.165) is 0 Å². The first-order valence-electron chi connectivity index (χ1n) is 12.1. The second-order valence-electron chi connectivity index (χ2n) is 9.75. The predicted octanol–water partition coefficient (Wildman–Crippen LogP) is 6.23. The van der Waals surface area contributed by atoms with Gasteiger partial charge in [0, 0.05) is 45.5 Å². The molecule has 0 bridgehead atoms. The third kappa shape index (κ3) is 1.93. The summed E-state index contributed by atoms with van der Waals surface area (Å²) in [5.41, 5.74) is 11.9. The van der Waals surface area contributed by atoms with E-state index in [0.29, 0.717) is 0 Å². The Morgan fingerprint density at radius 1 is 0.629 bits per heavy atom. The highest BCUT2D eigenvalue weighted by atomic mass is 32.1. The molecule has 2 nitrogen and oxygen atoms in total. The van der Waals surface area contributed by atoms with Crippen molar-refractivity contribution in [1.29, 1.82) is 0 Å². The molecule has 2 unspecified atom stereocenters. The highest BCUT2D eigenvalue weighted by molar-refractivity contribution is 7.17. The summed E-state index contributed by atoms with van der Waals surface area (Å²) in [6.45, 7) is 0. The second-order valence-corrected chi connectivity index (χ2v) is 10.7. The van der Waals surface area contributed by atoms with Crippen LogP contribution in [0.5, 0.6) is 0 Å². The lowest BCUT2D eigenvalue weighted by atomic mass is 9.69. The number of benzene rings is 3. The van der Waals surface area contributed by atoms with E-state index < -0.39 is 5.66 Å². The normalized spacial score (nSPS) is 19.8. The molecule has 0 N–H and O–H groups in total. The highest BCUT2D eigenvalue weighted by Crippen LogP contribution is 2.57. The maximum atomic E-state index is 2.58. The van der Waals surface area contributed by atoms with Crippen LogP contribution in [-0.2, 0) is 5.66 Å². The van der Waals surface area contributed by atoms with Crippen molar-refractivity contribution in [2.24, 2.45) is 0 Å². The zero-order valence-corrected chi connectivity index (χ0v) is 19.7. The maximum Gasteiger partial charge on any atom is 0.418 e. The van der Waals surface area contributed by atoms with Crippen molar-refractivity contribution >= 4 is 21.4 Å². The minimum atomic E-state index is -0.437. The quantitative estimate of drug-likeness (QED) is 0.255. The molecule has 2 atom stereocenters. The Labute approximate surface area is 207 Å². The topological polar surface area (TPSA) is 7.76 Å². The van der Waals surface area contributed by atoms with Gasteiger partial charge in [0.05, 0.1) is 11.5 Å². The Bertz CT molecular complexity index is 1870. The summed E-state index contributed by atoms with van der Waals surface area (Å²) >= 11 is 1.87. The number of hydrogen-bond acceptors (Lipinski definition) is 1. The molecule has 3 heteroatoms. The number of aromatic nitrogens is 2. The van der Waals surface area contributed by atoms with E-state index in [4.69, 9.17) is 0 Å². The smallest absolute Gasteiger partial charge is 0.143 e. The van der Waals surface area contributed by atoms with Gasteiger partial charge in [0.2, 0.25) is 11.4 Å². The summed E-state index contributed by atoms with van der Waals surface area (Å²) in [5, 5.41) is 3.79. The third-order valence-corrected chi connectivity index (χ3v) is 9.24. The van der Waals surface area contributed by atoms with Crippen LogP contribution in [0.15, 0.2) is 115 Å². The average Bonchev–Trinajstić information content (AvgIpc) is 3.48. The Morgan fingerprint density at radius 3 is 2.37 bits per heavy atom. The number of hydrogen-bond donors (Lipinski definition) is 0. The zero-order valence-electron chi connectivity index (χ0n) is 18.8. The fourth-order valence-corrected chi connectivity index (χ4v) is 8.10. The first-order chi connectivity index (χ1) is 17.4. The van der Waals surface area contributed by atoms with Gasteiger partial charge in [-0.25, -0.2) is 0 Å². The molecule has 1 aliphatic carbocycles. The van der Waals surface area contributed by atoms with Crippen LogP contribution in [-0.4, -0.2) is 0 Å². The molecule has 3 aromatic heterocycles. The fraction of sp³-hybridized carbons (Fsp3) is 0.0625. The molecule has 3 aliphatic rings. The van der Waals surface area contributed by atoms with Crippen LogP contribution >= 0.6 is 11.3 Å². The lowest BCUT2D eigenvalue weighted by molar-refractivity contribution is -0.967. The van der Waals surface area contributed by atoms with E-state index in [9.17, 15) is 0 Å². The van der Waals surface area contributed by atoms with Gasteiger partial charge in [-0.15, -0.1) is 20.5 Å². The van der Waals surface area contributed by atoms with Crippen molar-refractivity contribution in [3.8, 4) is 22.4 Å². The predicted molar refractivity (Wildman–Crippen MR) is 138 cm³/mol. The Balaban J connectivity index is 1.57. The minimum Gasteiger partial charge on any atom is -0.143 e. The molecule has 0 saturated heterocycles. The van der Waals surface area contributed by atoms with Gasteiger partial charge in [-0.05, 0) is 34.7 Å². The summed E-state index contributed by atoms with van der Waals surface area (Å²) in [6, 6.07) is 36.0. The van der Waals surface area contributed by atoms with E-state index in [1.54, 1.807) is 0 Å². The van der Waals surface area contributed by atoms with Crippen molar-refractivity contribution in [3.05, 3.63) is 143 Å². The largest absolute Gasteiger partial charge is 0.418 e. The van der Waals surface area contributed by atoms with Gasteiger partial charge in [-0.1, -0.05) is 54.6 Å². The van der Waals surface area contributed by atoms with Gasteiger partial charge >= 0.3 is 5.66 Å². The number of thiophene rings is 1. The molecule has 0 fully saturated rings. The molecule has 1 spiro atoms. The molecule has 2 aliphatic heterocycles. The summed E-state index contributed by atoms with van der Waals surface area (Å²) in [4.78, 5) is 0. The van der Waals surface area contributed by atoms with Gasteiger partial charge in [0.15, 0.2) is 12.4 Å². The third-order valence-electron chi connectivity index (χ3n) is 8.29. The SMILES string of the molecule is c1ccc(C2c3cccc4c3C3(c5c(ccc6scc-4c56)-c4cccc[n+]43)[n+]3ccccc32)cc1. The molecule has 0 saturated carbocycles. The van der Waals surface area contributed by atoms with Crippen LogP contribution in [0, 0.1) is 0 Å². The van der Waals surface area contributed by atoms with Crippen molar-refractivity contribution in [2.75, 3.05) is 0 Å². The first-order valence-corrected chi connectivity index (χ1v) is 13.0. The molecular weight excluding hydrogens is 444 g/mol. The van der Waals surface area contributed by atoms with Crippen molar-refractivity contribution in [1.82, 2.24) is 0 Å². The lowest BCUT2D eigenvalue weighted by Gasteiger charge is -2.36. The minimum absolute atomic E-state index is 0.175. The maximum absolute atomic E-state index is 2.58. The number of fused-ring (bicyclic) bond motifs is 4. The van der Waals surface area contributed by atoms with E-state index in [2.05, 4.69) is 124 Å². The van der Waals surface area contributed by atoms with Crippen LogP contribution in [0.25, 0.3) is 32.5 Å². The summed E-state index contributed by atoms with van der Waals surface area (Å²) in [7, 11) is 0.